The summed E-state index contributed by atoms with van der Waals surface area (Å²) in [5.41, 5.74) is 8.34. The van der Waals surface area contributed by atoms with Crippen LogP contribution in [0.25, 0.3) is 0 Å². The molecule has 1 aliphatic rings. The van der Waals surface area contributed by atoms with Crippen molar-refractivity contribution in [3.8, 4) is 5.75 Å². The van der Waals surface area contributed by atoms with E-state index in [1.807, 2.05) is 14.0 Å². The summed E-state index contributed by atoms with van der Waals surface area (Å²) in [6.07, 6.45) is 3.36. The van der Waals surface area contributed by atoms with Gasteiger partial charge in [0.1, 0.15) is 5.75 Å². The van der Waals surface area contributed by atoms with Crippen LogP contribution in [0.3, 0.4) is 0 Å². The molecular weight excluding hydrogens is 238 g/mol. The van der Waals surface area contributed by atoms with Crippen LogP contribution >= 0.6 is 0 Å². The highest BCUT2D eigenvalue weighted by molar-refractivity contribution is 5.78. The van der Waals surface area contributed by atoms with E-state index in [-0.39, 0.29) is 0 Å². The van der Waals surface area contributed by atoms with Crippen LogP contribution < -0.4 is 10.5 Å². The van der Waals surface area contributed by atoms with Crippen LogP contribution in [0, 0.1) is 6.92 Å². The van der Waals surface area contributed by atoms with Crippen LogP contribution in [0.4, 0.5) is 0 Å². The van der Waals surface area contributed by atoms with Crippen molar-refractivity contribution in [2.24, 2.45) is 10.7 Å². The Kier molecular flexibility index (Phi) is 4.30. The van der Waals surface area contributed by atoms with Crippen LogP contribution in [0.15, 0.2) is 23.2 Å². The molecule has 4 nitrogen and oxygen atoms in total. The Balaban J connectivity index is 1.89. The zero-order valence-electron chi connectivity index (χ0n) is 12.0. The smallest absolute Gasteiger partial charge is 0.191 e. The molecule has 0 aliphatic heterocycles. The number of nitrogens with two attached hydrogens (primary N) is 1. The second-order valence-corrected chi connectivity index (χ2v) is 5.14. The molecule has 2 N–H and O–H groups in total. The van der Waals surface area contributed by atoms with Crippen molar-refractivity contribution in [3.05, 3.63) is 29.3 Å². The number of methoxy groups -OCH3 is 1. The molecule has 1 aromatic carbocycles. The van der Waals surface area contributed by atoms with Crippen molar-refractivity contribution in [1.29, 1.82) is 0 Å². The molecule has 0 radical (unpaired) electrons. The predicted octanol–water partition coefficient (Wildman–Crippen LogP) is 1.96. The summed E-state index contributed by atoms with van der Waals surface area (Å²) in [6.45, 7) is 2.76. The lowest BCUT2D eigenvalue weighted by atomic mass is 10.1. The number of guanidine groups is 1. The van der Waals surface area contributed by atoms with Crippen molar-refractivity contribution >= 4 is 5.96 Å². The lowest BCUT2D eigenvalue weighted by Crippen LogP contribution is -2.35. The number of aryl methyl sites for hydroxylation is 1. The van der Waals surface area contributed by atoms with Crippen molar-refractivity contribution in [2.45, 2.75) is 32.2 Å². The first kappa shape index (κ1) is 13.7. The Morgan fingerprint density at radius 3 is 2.84 bits per heavy atom. The Labute approximate surface area is 115 Å². The first-order valence-corrected chi connectivity index (χ1v) is 6.78. The molecule has 1 fully saturated rings. The third-order valence-corrected chi connectivity index (χ3v) is 3.60. The normalized spacial score (nSPS) is 15.4. The second-order valence-electron chi connectivity index (χ2n) is 5.14. The van der Waals surface area contributed by atoms with Gasteiger partial charge in [-0.1, -0.05) is 12.1 Å². The summed E-state index contributed by atoms with van der Waals surface area (Å²) in [7, 11) is 3.72. The van der Waals surface area contributed by atoms with Crippen molar-refractivity contribution in [2.75, 3.05) is 20.7 Å². The van der Waals surface area contributed by atoms with Crippen LogP contribution in [-0.2, 0) is 6.42 Å². The molecule has 19 heavy (non-hydrogen) atoms. The highest BCUT2D eigenvalue weighted by atomic mass is 16.5. The van der Waals surface area contributed by atoms with E-state index in [0.717, 1.165) is 24.3 Å². The summed E-state index contributed by atoms with van der Waals surface area (Å²) in [5.74, 6) is 1.59. The number of rotatable bonds is 5. The summed E-state index contributed by atoms with van der Waals surface area (Å²) >= 11 is 0. The molecule has 104 valence electrons. The lowest BCUT2D eigenvalue weighted by molar-refractivity contribution is 0.411. The van der Waals surface area contributed by atoms with E-state index in [1.54, 1.807) is 7.11 Å². The molecular formula is C15H23N3O. The van der Waals surface area contributed by atoms with E-state index in [0.29, 0.717) is 12.0 Å². The number of benzene rings is 1. The summed E-state index contributed by atoms with van der Waals surface area (Å²) in [6, 6.07) is 6.89. The Hall–Kier alpha value is -1.71. The van der Waals surface area contributed by atoms with Gasteiger partial charge in [0.05, 0.1) is 7.11 Å². The quantitative estimate of drug-likeness (QED) is 0.651. The van der Waals surface area contributed by atoms with Crippen molar-refractivity contribution in [3.63, 3.8) is 0 Å². The Morgan fingerprint density at radius 2 is 2.21 bits per heavy atom. The predicted molar refractivity (Wildman–Crippen MR) is 78.7 cm³/mol. The van der Waals surface area contributed by atoms with Crippen LogP contribution in [-0.4, -0.2) is 37.6 Å². The molecule has 0 bridgehead atoms. The van der Waals surface area contributed by atoms with Gasteiger partial charge >= 0.3 is 0 Å². The molecule has 0 atom stereocenters. The maximum Gasteiger partial charge on any atom is 0.191 e. The van der Waals surface area contributed by atoms with Crippen molar-refractivity contribution in [1.82, 2.24) is 4.90 Å². The van der Waals surface area contributed by atoms with E-state index < -0.39 is 0 Å². The number of nitrogens with zero attached hydrogens (tertiary/aromatic N) is 2. The zero-order valence-corrected chi connectivity index (χ0v) is 12.0. The van der Waals surface area contributed by atoms with Gasteiger partial charge in [-0.15, -0.1) is 0 Å². The molecule has 0 unspecified atom stereocenters. The highest BCUT2D eigenvalue weighted by Crippen LogP contribution is 2.24. The molecule has 2 rings (SSSR count). The topological polar surface area (TPSA) is 50.9 Å². The van der Waals surface area contributed by atoms with E-state index >= 15 is 0 Å². The van der Waals surface area contributed by atoms with E-state index in [4.69, 9.17) is 10.5 Å². The fraction of sp³-hybridized carbons (Fsp3) is 0.533. The second kappa shape index (κ2) is 5.95. The third-order valence-electron chi connectivity index (χ3n) is 3.60. The molecule has 1 saturated carbocycles. The largest absolute Gasteiger partial charge is 0.496 e. The molecule has 0 heterocycles. The molecule has 1 aliphatic carbocycles. The summed E-state index contributed by atoms with van der Waals surface area (Å²) in [4.78, 5) is 6.52. The number of hydrogen-bond acceptors (Lipinski definition) is 2. The average molecular weight is 261 g/mol. The first-order valence-electron chi connectivity index (χ1n) is 6.78. The standard InChI is InChI=1S/C15H23N3O/c1-11-4-5-12(10-14(11)19-3)8-9-17-15(16)18(2)13-6-7-13/h4-5,10,13H,6-9H2,1-3H3,(H2,16,17). The summed E-state index contributed by atoms with van der Waals surface area (Å²) in [5, 5.41) is 0. The minimum Gasteiger partial charge on any atom is -0.496 e. The van der Waals surface area contributed by atoms with Gasteiger partial charge in [0.2, 0.25) is 0 Å². The molecule has 4 heteroatoms. The zero-order chi connectivity index (χ0) is 13.8. The molecule has 0 spiro atoms. The molecule has 0 saturated heterocycles. The SMILES string of the molecule is COc1cc(CCN=C(N)N(C)C2CC2)ccc1C. The van der Waals surface area contributed by atoms with Gasteiger partial charge in [-0.25, -0.2) is 0 Å². The van der Waals surface area contributed by atoms with Crippen molar-refractivity contribution < 1.29 is 4.74 Å². The van der Waals surface area contributed by atoms with Crippen LogP contribution in [0.1, 0.15) is 24.0 Å². The van der Waals surface area contributed by atoms with Crippen LogP contribution in [0.5, 0.6) is 5.75 Å². The van der Waals surface area contributed by atoms with Gasteiger partial charge in [0.15, 0.2) is 5.96 Å². The minimum absolute atomic E-state index is 0.614. The van der Waals surface area contributed by atoms with Gasteiger partial charge in [0, 0.05) is 19.6 Å². The number of aliphatic imine (C=N–C) groups is 1. The maximum absolute atomic E-state index is 5.95. The minimum atomic E-state index is 0.614. The van der Waals surface area contributed by atoms with E-state index in [9.17, 15) is 0 Å². The van der Waals surface area contributed by atoms with E-state index in [2.05, 4.69) is 28.1 Å². The molecule has 0 aromatic heterocycles. The molecule has 0 amide bonds. The van der Waals surface area contributed by atoms with E-state index in [1.165, 1.54) is 18.4 Å². The van der Waals surface area contributed by atoms with Crippen LogP contribution in [0.2, 0.25) is 0 Å². The Bertz CT molecular complexity index is 466. The number of ether oxygens (including phenoxy) is 1. The highest BCUT2D eigenvalue weighted by Gasteiger charge is 2.27. The summed E-state index contributed by atoms with van der Waals surface area (Å²) < 4.78 is 5.32. The average Bonchev–Trinajstić information content (AvgIpc) is 3.24. The Morgan fingerprint density at radius 1 is 1.47 bits per heavy atom. The lowest BCUT2D eigenvalue weighted by Gasteiger charge is -2.16. The maximum atomic E-state index is 5.95. The first-order chi connectivity index (χ1) is 9.11. The monoisotopic (exact) mass is 261 g/mol. The third kappa shape index (κ3) is 3.63. The fourth-order valence-corrected chi connectivity index (χ4v) is 2.08. The molecule has 1 aromatic rings. The van der Waals surface area contributed by atoms with Gasteiger partial charge in [0.25, 0.3) is 0 Å². The fourth-order valence-electron chi connectivity index (χ4n) is 2.08. The van der Waals surface area contributed by atoms with Gasteiger partial charge < -0.3 is 15.4 Å². The number of hydrogen-bond donors (Lipinski definition) is 1. The van der Waals surface area contributed by atoms with Gasteiger partial charge in [-0.05, 0) is 43.4 Å². The van der Waals surface area contributed by atoms with Gasteiger partial charge in [-0.3, -0.25) is 4.99 Å². The van der Waals surface area contributed by atoms with Gasteiger partial charge in [-0.2, -0.15) is 0 Å².